The van der Waals surface area contributed by atoms with Gasteiger partial charge in [0.1, 0.15) is 0 Å². The fourth-order valence-electron chi connectivity index (χ4n) is 2.05. The molecule has 0 aromatic rings. The van der Waals surface area contributed by atoms with Crippen molar-refractivity contribution in [1.82, 2.24) is 14.7 Å². The molecule has 0 amide bonds. The zero-order chi connectivity index (χ0) is 11.3. The molecule has 0 unspecified atom stereocenters. The van der Waals surface area contributed by atoms with Crippen molar-refractivity contribution < 1.29 is 0 Å². The van der Waals surface area contributed by atoms with Crippen molar-refractivity contribution in [2.24, 2.45) is 5.92 Å². The van der Waals surface area contributed by atoms with Gasteiger partial charge in [-0.15, -0.1) is 0 Å². The smallest absolute Gasteiger partial charge is 0.0110 e. The number of nitrogens with zero attached hydrogens (tertiary/aromatic N) is 3. The molecule has 1 saturated heterocycles. The first-order valence-electron chi connectivity index (χ1n) is 6.17. The summed E-state index contributed by atoms with van der Waals surface area (Å²) >= 11 is 0. The maximum atomic E-state index is 2.59. The Morgan fingerprint density at radius 2 is 1.53 bits per heavy atom. The summed E-state index contributed by atoms with van der Waals surface area (Å²) in [5.74, 6) is 0.804. The number of hydrogen-bond donors (Lipinski definition) is 0. The molecule has 0 aromatic heterocycles. The molecule has 15 heavy (non-hydrogen) atoms. The van der Waals surface area contributed by atoms with Gasteiger partial charge in [-0.3, -0.25) is 4.90 Å². The fourth-order valence-corrected chi connectivity index (χ4v) is 2.05. The molecule has 0 bridgehead atoms. The monoisotopic (exact) mass is 213 g/mol. The van der Waals surface area contributed by atoms with Crippen molar-refractivity contribution in [3.63, 3.8) is 0 Å². The third-order valence-corrected chi connectivity index (χ3v) is 2.95. The lowest BCUT2D eigenvalue weighted by Crippen LogP contribution is -2.48. The highest BCUT2D eigenvalue weighted by atomic mass is 15.3. The Morgan fingerprint density at radius 3 is 2.00 bits per heavy atom. The molecule has 1 fully saturated rings. The van der Waals surface area contributed by atoms with Gasteiger partial charge in [-0.05, 0) is 20.0 Å². The lowest BCUT2D eigenvalue weighted by atomic mass is 10.2. The first kappa shape index (κ1) is 12.9. The zero-order valence-electron chi connectivity index (χ0n) is 10.9. The van der Waals surface area contributed by atoms with Crippen molar-refractivity contribution in [3.05, 3.63) is 0 Å². The van der Waals surface area contributed by atoms with Crippen LogP contribution in [0.4, 0.5) is 0 Å². The Morgan fingerprint density at radius 1 is 1.00 bits per heavy atom. The molecular weight excluding hydrogens is 186 g/mol. The van der Waals surface area contributed by atoms with E-state index in [1.807, 2.05) is 0 Å². The summed E-state index contributed by atoms with van der Waals surface area (Å²) in [6, 6.07) is 0. The molecule has 3 heteroatoms. The second-order valence-electron chi connectivity index (χ2n) is 5.34. The summed E-state index contributed by atoms with van der Waals surface area (Å²) in [4.78, 5) is 7.44. The van der Waals surface area contributed by atoms with Crippen molar-refractivity contribution in [2.45, 2.75) is 13.8 Å². The van der Waals surface area contributed by atoms with Crippen LogP contribution >= 0.6 is 0 Å². The van der Waals surface area contributed by atoms with E-state index in [4.69, 9.17) is 0 Å². The van der Waals surface area contributed by atoms with Gasteiger partial charge in [0.15, 0.2) is 0 Å². The molecule has 0 saturated carbocycles. The summed E-state index contributed by atoms with van der Waals surface area (Å²) in [5, 5.41) is 0. The summed E-state index contributed by atoms with van der Waals surface area (Å²) < 4.78 is 0. The second-order valence-corrected chi connectivity index (χ2v) is 5.34. The van der Waals surface area contributed by atoms with E-state index in [9.17, 15) is 0 Å². The Balaban J connectivity index is 2.12. The Kier molecular flexibility index (Phi) is 5.58. The molecule has 3 nitrogen and oxygen atoms in total. The summed E-state index contributed by atoms with van der Waals surface area (Å²) in [6.45, 7) is 13.3. The average Bonchev–Trinajstić information content (AvgIpc) is 2.16. The summed E-state index contributed by atoms with van der Waals surface area (Å²) in [5.41, 5.74) is 0. The first-order valence-corrected chi connectivity index (χ1v) is 6.17. The lowest BCUT2D eigenvalue weighted by Gasteiger charge is -2.35. The SMILES string of the molecule is CC(C)CN1CCN(CCN(C)C)CC1. The van der Waals surface area contributed by atoms with E-state index in [0.29, 0.717) is 0 Å². The van der Waals surface area contributed by atoms with Crippen LogP contribution in [0.1, 0.15) is 13.8 Å². The van der Waals surface area contributed by atoms with Crippen molar-refractivity contribution in [1.29, 1.82) is 0 Å². The van der Waals surface area contributed by atoms with E-state index in [0.717, 1.165) is 5.92 Å². The predicted octanol–water partition coefficient (Wildman–Crippen LogP) is 0.822. The van der Waals surface area contributed by atoms with Gasteiger partial charge >= 0.3 is 0 Å². The van der Waals surface area contributed by atoms with Gasteiger partial charge < -0.3 is 9.80 Å². The first-order chi connectivity index (χ1) is 7.08. The molecule has 1 rings (SSSR count). The number of likely N-dealkylation sites (N-methyl/N-ethyl adjacent to an activating group) is 1. The van der Waals surface area contributed by atoms with E-state index in [-0.39, 0.29) is 0 Å². The summed E-state index contributed by atoms with van der Waals surface area (Å²) in [6.07, 6.45) is 0. The Labute approximate surface area is 95.0 Å². The normalized spacial score (nSPS) is 20.4. The Hall–Kier alpha value is -0.120. The van der Waals surface area contributed by atoms with E-state index in [2.05, 4.69) is 42.6 Å². The molecule has 0 aromatic carbocycles. The van der Waals surface area contributed by atoms with E-state index < -0.39 is 0 Å². The van der Waals surface area contributed by atoms with Crippen molar-refractivity contribution in [2.75, 3.05) is 59.9 Å². The van der Waals surface area contributed by atoms with Gasteiger partial charge in [-0.2, -0.15) is 0 Å². The minimum atomic E-state index is 0.804. The molecule has 0 radical (unpaired) electrons. The van der Waals surface area contributed by atoms with Crippen molar-refractivity contribution in [3.8, 4) is 0 Å². The van der Waals surface area contributed by atoms with Crippen molar-refractivity contribution >= 4 is 0 Å². The van der Waals surface area contributed by atoms with Crippen LogP contribution < -0.4 is 0 Å². The zero-order valence-corrected chi connectivity index (χ0v) is 10.9. The maximum absolute atomic E-state index is 2.59. The largest absolute Gasteiger partial charge is 0.308 e. The van der Waals surface area contributed by atoms with E-state index >= 15 is 0 Å². The maximum Gasteiger partial charge on any atom is 0.0110 e. The van der Waals surface area contributed by atoms with Crippen LogP contribution in [0.3, 0.4) is 0 Å². The van der Waals surface area contributed by atoms with Gasteiger partial charge in [-0.1, -0.05) is 13.8 Å². The topological polar surface area (TPSA) is 9.72 Å². The molecule has 0 spiro atoms. The van der Waals surface area contributed by atoms with Gasteiger partial charge in [0, 0.05) is 45.8 Å². The van der Waals surface area contributed by atoms with Crippen LogP contribution in [0.25, 0.3) is 0 Å². The highest BCUT2D eigenvalue weighted by Gasteiger charge is 2.16. The number of hydrogen-bond acceptors (Lipinski definition) is 3. The standard InChI is InChI=1S/C12H27N3/c1-12(2)11-15-9-7-14(8-10-15)6-5-13(3)4/h12H,5-11H2,1-4H3. The summed E-state index contributed by atoms with van der Waals surface area (Å²) in [7, 11) is 4.30. The third kappa shape index (κ3) is 5.50. The molecule has 0 aliphatic carbocycles. The van der Waals surface area contributed by atoms with E-state index in [1.165, 1.54) is 45.8 Å². The molecule has 0 N–H and O–H groups in total. The third-order valence-electron chi connectivity index (χ3n) is 2.95. The number of piperazine rings is 1. The van der Waals surface area contributed by atoms with Crippen LogP contribution in [0.2, 0.25) is 0 Å². The molecule has 1 aliphatic heterocycles. The van der Waals surface area contributed by atoms with Gasteiger partial charge in [-0.25, -0.2) is 0 Å². The Bertz CT molecular complexity index is 160. The molecule has 1 heterocycles. The van der Waals surface area contributed by atoms with Gasteiger partial charge in [0.05, 0.1) is 0 Å². The molecule has 0 atom stereocenters. The van der Waals surface area contributed by atoms with Crippen LogP contribution in [0, 0.1) is 5.92 Å². The average molecular weight is 213 g/mol. The molecule has 1 aliphatic rings. The van der Waals surface area contributed by atoms with Gasteiger partial charge in [0.25, 0.3) is 0 Å². The lowest BCUT2D eigenvalue weighted by molar-refractivity contribution is 0.116. The predicted molar refractivity (Wildman–Crippen MR) is 66.3 cm³/mol. The highest BCUT2D eigenvalue weighted by Crippen LogP contribution is 2.04. The highest BCUT2D eigenvalue weighted by molar-refractivity contribution is 4.72. The molecular formula is C12H27N3. The van der Waals surface area contributed by atoms with Gasteiger partial charge in [0.2, 0.25) is 0 Å². The van der Waals surface area contributed by atoms with Crippen LogP contribution in [0.15, 0.2) is 0 Å². The second kappa shape index (κ2) is 6.46. The molecule has 90 valence electrons. The minimum Gasteiger partial charge on any atom is -0.308 e. The van der Waals surface area contributed by atoms with Crippen LogP contribution in [0.5, 0.6) is 0 Å². The number of rotatable bonds is 5. The van der Waals surface area contributed by atoms with Crippen LogP contribution in [-0.2, 0) is 0 Å². The van der Waals surface area contributed by atoms with Crippen LogP contribution in [-0.4, -0.2) is 74.6 Å². The minimum absolute atomic E-state index is 0.804. The van der Waals surface area contributed by atoms with E-state index in [1.54, 1.807) is 0 Å². The fraction of sp³-hybridized carbons (Fsp3) is 1.00. The quantitative estimate of drug-likeness (QED) is 0.669.